The van der Waals surface area contributed by atoms with Gasteiger partial charge in [-0.3, -0.25) is 10.1 Å². The van der Waals surface area contributed by atoms with Gasteiger partial charge in [-0.25, -0.2) is 0 Å². The van der Waals surface area contributed by atoms with Crippen LogP contribution in [-0.2, 0) is 6.18 Å². The largest absolute Gasteiger partial charge is 0.423 e. The van der Waals surface area contributed by atoms with Gasteiger partial charge in [0.2, 0.25) is 0 Å². The third kappa shape index (κ3) is 4.40. The molecule has 0 spiro atoms. The van der Waals surface area contributed by atoms with Crippen LogP contribution in [0.1, 0.15) is 38.7 Å². The van der Waals surface area contributed by atoms with E-state index in [9.17, 15) is 23.3 Å². The summed E-state index contributed by atoms with van der Waals surface area (Å²) in [6.07, 6.45) is -1.95. The summed E-state index contributed by atoms with van der Waals surface area (Å²) in [5.74, 6) is 0. The summed E-state index contributed by atoms with van der Waals surface area (Å²) in [6.45, 7) is 3.89. The number of nitrogens with zero attached hydrogens (tertiary/aromatic N) is 1. The normalized spacial score (nSPS) is 13.1. The van der Waals surface area contributed by atoms with Crippen molar-refractivity contribution in [2.45, 2.75) is 45.3 Å². The lowest BCUT2D eigenvalue weighted by molar-refractivity contribution is -0.388. The fourth-order valence-corrected chi connectivity index (χ4v) is 1.88. The van der Waals surface area contributed by atoms with E-state index in [-0.39, 0.29) is 11.7 Å². The van der Waals surface area contributed by atoms with Crippen molar-refractivity contribution >= 4 is 11.4 Å². The van der Waals surface area contributed by atoms with E-state index in [0.29, 0.717) is 0 Å². The zero-order valence-corrected chi connectivity index (χ0v) is 11.3. The second kappa shape index (κ2) is 6.58. The topological polar surface area (TPSA) is 55.2 Å². The van der Waals surface area contributed by atoms with Crippen molar-refractivity contribution in [2.75, 3.05) is 5.32 Å². The molecule has 0 aliphatic heterocycles. The molecule has 7 heteroatoms. The molecule has 0 heterocycles. The Morgan fingerprint density at radius 1 is 1.40 bits per heavy atom. The molecular formula is C13H17F3N2O2. The van der Waals surface area contributed by atoms with Gasteiger partial charge in [-0.15, -0.1) is 0 Å². The Hall–Kier alpha value is -1.79. The third-order valence-electron chi connectivity index (χ3n) is 2.90. The van der Waals surface area contributed by atoms with Crippen LogP contribution in [-0.4, -0.2) is 11.0 Å². The number of nitrogens with one attached hydrogen (secondary N) is 1. The molecule has 0 aliphatic rings. The van der Waals surface area contributed by atoms with Gasteiger partial charge in [-0.1, -0.05) is 19.8 Å². The smallest absolute Gasteiger partial charge is 0.383 e. The van der Waals surface area contributed by atoms with Gasteiger partial charge in [0.25, 0.3) is 5.69 Å². The van der Waals surface area contributed by atoms with Gasteiger partial charge in [0.05, 0.1) is 4.92 Å². The van der Waals surface area contributed by atoms with Crippen LogP contribution in [0.5, 0.6) is 0 Å². The first-order chi connectivity index (χ1) is 9.25. The molecule has 0 radical (unpaired) electrons. The van der Waals surface area contributed by atoms with Gasteiger partial charge in [-0.2, -0.15) is 13.2 Å². The number of benzene rings is 1. The molecule has 0 amide bonds. The molecule has 1 unspecified atom stereocenters. The van der Waals surface area contributed by atoms with Crippen LogP contribution in [0.15, 0.2) is 18.2 Å². The number of nitro groups is 1. The molecule has 0 aromatic heterocycles. The molecular weight excluding hydrogens is 273 g/mol. The molecule has 0 fully saturated rings. The number of nitro benzene ring substituents is 1. The van der Waals surface area contributed by atoms with Crippen LogP contribution in [0.25, 0.3) is 0 Å². The maximum absolute atomic E-state index is 12.8. The highest BCUT2D eigenvalue weighted by Crippen LogP contribution is 2.37. The first-order valence-electron chi connectivity index (χ1n) is 6.38. The van der Waals surface area contributed by atoms with Gasteiger partial charge in [-0.05, 0) is 25.5 Å². The summed E-state index contributed by atoms with van der Waals surface area (Å²) in [6, 6.07) is 2.99. The van der Waals surface area contributed by atoms with E-state index in [2.05, 4.69) is 5.32 Å². The maximum Gasteiger partial charge on any atom is 0.423 e. The van der Waals surface area contributed by atoms with Gasteiger partial charge < -0.3 is 5.32 Å². The minimum Gasteiger partial charge on any atom is -0.383 e. The van der Waals surface area contributed by atoms with E-state index >= 15 is 0 Å². The van der Waals surface area contributed by atoms with Crippen LogP contribution in [0.3, 0.4) is 0 Å². The molecule has 0 saturated carbocycles. The highest BCUT2D eigenvalue weighted by molar-refractivity contribution is 5.55. The number of anilines is 1. The average molecular weight is 290 g/mol. The van der Waals surface area contributed by atoms with Crippen LogP contribution in [0.2, 0.25) is 0 Å². The SMILES string of the molecule is CCCCC(C)Nc1ccc([N+](=O)[O-])c(C(F)(F)F)c1. The van der Waals surface area contributed by atoms with Gasteiger partial charge in [0, 0.05) is 17.8 Å². The van der Waals surface area contributed by atoms with E-state index in [4.69, 9.17) is 0 Å². The second-order valence-corrected chi connectivity index (χ2v) is 4.67. The average Bonchev–Trinajstić information content (AvgIpc) is 2.35. The third-order valence-corrected chi connectivity index (χ3v) is 2.90. The summed E-state index contributed by atoms with van der Waals surface area (Å²) in [5, 5.41) is 13.6. The van der Waals surface area contributed by atoms with Crippen molar-refractivity contribution in [3.8, 4) is 0 Å². The van der Waals surface area contributed by atoms with E-state index < -0.39 is 22.4 Å². The minimum absolute atomic E-state index is 0.0116. The summed E-state index contributed by atoms with van der Waals surface area (Å²) in [5.41, 5.74) is -1.91. The first kappa shape index (κ1) is 16.3. The molecule has 1 atom stereocenters. The lowest BCUT2D eigenvalue weighted by atomic mass is 10.1. The predicted molar refractivity (Wildman–Crippen MR) is 70.7 cm³/mol. The minimum atomic E-state index is -4.74. The molecule has 112 valence electrons. The molecule has 0 bridgehead atoms. The predicted octanol–water partition coefficient (Wildman–Crippen LogP) is 4.60. The quantitative estimate of drug-likeness (QED) is 0.615. The molecule has 4 nitrogen and oxygen atoms in total. The lowest BCUT2D eigenvalue weighted by Gasteiger charge is -2.16. The zero-order valence-electron chi connectivity index (χ0n) is 11.3. The van der Waals surface area contributed by atoms with Crippen molar-refractivity contribution in [1.82, 2.24) is 0 Å². The Morgan fingerprint density at radius 3 is 2.55 bits per heavy atom. The first-order valence-corrected chi connectivity index (χ1v) is 6.38. The Kier molecular flexibility index (Phi) is 5.35. The van der Waals surface area contributed by atoms with Crippen molar-refractivity contribution in [3.63, 3.8) is 0 Å². The fourth-order valence-electron chi connectivity index (χ4n) is 1.88. The second-order valence-electron chi connectivity index (χ2n) is 4.67. The number of hydrogen-bond donors (Lipinski definition) is 1. The summed E-state index contributed by atoms with van der Waals surface area (Å²) < 4.78 is 38.4. The van der Waals surface area contributed by atoms with E-state index in [1.807, 2.05) is 13.8 Å². The van der Waals surface area contributed by atoms with Crippen LogP contribution in [0, 0.1) is 10.1 Å². The Bertz CT molecular complexity index is 475. The molecule has 1 aromatic carbocycles. The molecule has 1 rings (SSSR count). The highest BCUT2D eigenvalue weighted by Gasteiger charge is 2.38. The Labute approximate surface area is 115 Å². The number of alkyl halides is 3. The van der Waals surface area contributed by atoms with Gasteiger partial charge in [0.15, 0.2) is 0 Å². The molecule has 1 N–H and O–H groups in total. The number of unbranched alkanes of at least 4 members (excludes halogenated alkanes) is 1. The van der Waals surface area contributed by atoms with Gasteiger partial charge >= 0.3 is 6.18 Å². The fraction of sp³-hybridized carbons (Fsp3) is 0.538. The standard InChI is InChI=1S/C13H17F3N2O2/c1-3-4-5-9(2)17-10-6-7-12(18(19)20)11(8-10)13(14,15)16/h6-9,17H,3-5H2,1-2H3. The van der Waals surface area contributed by atoms with Gasteiger partial charge in [0.1, 0.15) is 5.56 Å². The summed E-state index contributed by atoms with van der Waals surface area (Å²) >= 11 is 0. The molecule has 0 aliphatic carbocycles. The Balaban J connectivity index is 2.98. The monoisotopic (exact) mass is 290 g/mol. The van der Waals surface area contributed by atoms with Crippen molar-refractivity contribution < 1.29 is 18.1 Å². The van der Waals surface area contributed by atoms with E-state index in [0.717, 1.165) is 31.4 Å². The molecule has 1 aromatic rings. The van der Waals surface area contributed by atoms with Crippen molar-refractivity contribution in [2.24, 2.45) is 0 Å². The van der Waals surface area contributed by atoms with Crippen LogP contribution >= 0.6 is 0 Å². The Morgan fingerprint density at radius 2 is 2.05 bits per heavy atom. The molecule has 0 saturated heterocycles. The van der Waals surface area contributed by atoms with E-state index in [1.54, 1.807) is 0 Å². The van der Waals surface area contributed by atoms with Crippen LogP contribution in [0.4, 0.5) is 24.5 Å². The number of rotatable bonds is 6. The number of halogens is 3. The lowest BCUT2D eigenvalue weighted by Crippen LogP contribution is -2.16. The maximum atomic E-state index is 12.8. The zero-order chi connectivity index (χ0) is 15.3. The molecule has 20 heavy (non-hydrogen) atoms. The summed E-state index contributed by atoms with van der Waals surface area (Å²) in [7, 11) is 0. The van der Waals surface area contributed by atoms with Crippen molar-refractivity contribution in [1.29, 1.82) is 0 Å². The van der Waals surface area contributed by atoms with Crippen molar-refractivity contribution in [3.05, 3.63) is 33.9 Å². The van der Waals surface area contributed by atoms with E-state index in [1.165, 1.54) is 6.07 Å². The highest BCUT2D eigenvalue weighted by atomic mass is 19.4. The summed E-state index contributed by atoms with van der Waals surface area (Å²) in [4.78, 5) is 9.61. The van der Waals surface area contributed by atoms with Crippen LogP contribution < -0.4 is 5.32 Å². The number of hydrogen-bond acceptors (Lipinski definition) is 3.